The number of nitrogens with zero attached hydrogens (tertiary/aromatic N) is 2. The second-order valence-corrected chi connectivity index (χ2v) is 8.85. The van der Waals surface area contributed by atoms with Crippen LogP contribution in [0, 0.1) is 17.0 Å². The second kappa shape index (κ2) is 9.09. The smallest absolute Gasteiger partial charge is 0.272 e. The number of halogens is 3. The molecule has 11 heteroatoms. The number of imidazole rings is 1. The highest BCUT2D eigenvalue weighted by molar-refractivity contribution is 6.34. The van der Waals surface area contributed by atoms with Crippen molar-refractivity contribution in [1.82, 2.24) is 20.6 Å². The normalized spacial score (nSPS) is 22.6. The third-order valence-electron chi connectivity index (χ3n) is 6.49. The van der Waals surface area contributed by atoms with Gasteiger partial charge < -0.3 is 20.5 Å². The third kappa shape index (κ3) is 4.31. The summed E-state index contributed by atoms with van der Waals surface area (Å²) in [5, 5.41) is 5.52. The largest absolute Gasteiger partial charge is 0.351 e. The summed E-state index contributed by atoms with van der Waals surface area (Å²) in [7, 11) is 0. The number of amides is 3. The molecule has 176 valence electrons. The summed E-state index contributed by atoms with van der Waals surface area (Å²) in [5.74, 6) is -3.14. The zero-order chi connectivity index (χ0) is 23.8. The highest BCUT2D eigenvalue weighted by atomic mass is 35.5. The second-order valence-electron chi connectivity index (χ2n) is 8.44. The van der Waals surface area contributed by atoms with Gasteiger partial charge in [0.05, 0.1) is 22.5 Å². The highest BCUT2D eigenvalue weighted by Crippen LogP contribution is 2.47. The quantitative estimate of drug-likeness (QED) is 0.572. The summed E-state index contributed by atoms with van der Waals surface area (Å²) < 4.78 is 27.2. The number of benzene rings is 1. The van der Waals surface area contributed by atoms with E-state index in [0.29, 0.717) is 45.2 Å². The molecule has 2 aromatic rings. The van der Waals surface area contributed by atoms with Crippen molar-refractivity contribution in [3.05, 3.63) is 46.5 Å². The molecule has 3 N–H and O–H groups in total. The molecule has 0 bridgehead atoms. The SMILES string of the molecule is CCNC(=O)c1nc[nH]c1C(=O)NC1CCC2(CC1)CCN(c1cc(F)c(F)cc1Cl)C2=O. The lowest BCUT2D eigenvalue weighted by molar-refractivity contribution is -0.127. The molecule has 2 fully saturated rings. The van der Waals surface area contributed by atoms with Gasteiger partial charge in [-0.05, 0) is 45.1 Å². The third-order valence-corrected chi connectivity index (χ3v) is 6.79. The fourth-order valence-electron chi connectivity index (χ4n) is 4.69. The minimum Gasteiger partial charge on any atom is -0.351 e. The van der Waals surface area contributed by atoms with Gasteiger partial charge in [0.1, 0.15) is 5.69 Å². The Morgan fingerprint density at radius 1 is 1.21 bits per heavy atom. The van der Waals surface area contributed by atoms with E-state index < -0.39 is 28.9 Å². The molecule has 4 rings (SSSR count). The van der Waals surface area contributed by atoms with Crippen molar-refractivity contribution in [3.63, 3.8) is 0 Å². The van der Waals surface area contributed by atoms with Crippen molar-refractivity contribution in [1.29, 1.82) is 0 Å². The van der Waals surface area contributed by atoms with Crippen LogP contribution in [0.25, 0.3) is 0 Å². The Balaban J connectivity index is 1.40. The zero-order valence-electron chi connectivity index (χ0n) is 18.0. The minimum absolute atomic E-state index is 0.0114. The number of anilines is 1. The number of rotatable bonds is 5. The van der Waals surface area contributed by atoms with Crippen LogP contribution in [0.1, 0.15) is 60.0 Å². The van der Waals surface area contributed by atoms with E-state index in [-0.39, 0.29) is 34.0 Å². The Morgan fingerprint density at radius 2 is 1.91 bits per heavy atom. The van der Waals surface area contributed by atoms with Gasteiger partial charge in [-0.3, -0.25) is 14.4 Å². The lowest BCUT2D eigenvalue weighted by atomic mass is 9.71. The summed E-state index contributed by atoms with van der Waals surface area (Å²) >= 11 is 6.07. The van der Waals surface area contributed by atoms with Crippen molar-refractivity contribution in [2.75, 3.05) is 18.0 Å². The Hall–Kier alpha value is -3.01. The summed E-state index contributed by atoms with van der Waals surface area (Å²) in [6.45, 7) is 2.55. The van der Waals surface area contributed by atoms with E-state index in [9.17, 15) is 23.2 Å². The number of hydrogen-bond acceptors (Lipinski definition) is 4. The van der Waals surface area contributed by atoms with Crippen LogP contribution in [0.4, 0.5) is 14.5 Å². The molecule has 2 heterocycles. The van der Waals surface area contributed by atoms with Gasteiger partial charge in [0.15, 0.2) is 17.3 Å². The Labute approximate surface area is 194 Å². The van der Waals surface area contributed by atoms with Crippen LogP contribution in [-0.4, -0.2) is 46.8 Å². The summed E-state index contributed by atoms with van der Waals surface area (Å²) in [4.78, 5) is 46.1. The van der Waals surface area contributed by atoms with Crippen LogP contribution in [-0.2, 0) is 4.79 Å². The standard InChI is InChI=1S/C22H24ClF2N5O3/c1-2-26-19(31)17-18(28-11-27-17)20(32)29-12-3-5-22(6-4-12)7-8-30(21(22)33)16-10-15(25)14(24)9-13(16)23/h9-12H,2-8H2,1H3,(H,26,31)(H,27,28)(H,29,32). The molecule has 0 unspecified atom stereocenters. The molecule has 1 saturated heterocycles. The molecule has 1 aliphatic carbocycles. The van der Waals surface area contributed by atoms with Gasteiger partial charge in [-0.25, -0.2) is 13.8 Å². The van der Waals surface area contributed by atoms with E-state index in [1.54, 1.807) is 6.92 Å². The first-order valence-corrected chi connectivity index (χ1v) is 11.2. The molecule has 1 saturated carbocycles. The first-order chi connectivity index (χ1) is 15.8. The molecule has 0 atom stereocenters. The fourth-order valence-corrected chi connectivity index (χ4v) is 4.94. The molecule has 8 nitrogen and oxygen atoms in total. The molecule has 2 aliphatic rings. The predicted octanol–water partition coefficient (Wildman–Crippen LogP) is 3.19. The van der Waals surface area contributed by atoms with Crippen LogP contribution in [0.15, 0.2) is 18.5 Å². The van der Waals surface area contributed by atoms with Gasteiger partial charge >= 0.3 is 0 Å². The molecule has 0 radical (unpaired) electrons. The van der Waals surface area contributed by atoms with Gasteiger partial charge in [0, 0.05) is 25.2 Å². The van der Waals surface area contributed by atoms with Crippen molar-refractivity contribution in [2.45, 2.75) is 45.1 Å². The van der Waals surface area contributed by atoms with Crippen LogP contribution < -0.4 is 15.5 Å². The molecule has 33 heavy (non-hydrogen) atoms. The number of hydrogen-bond donors (Lipinski definition) is 3. The van der Waals surface area contributed by atoms with Gasteiger partial charge in [-0.15, -0.1) is 0 Å². The fraction of sp³-hybridized carbons (Fsp3) is 0.455. The average Bonchev–Trinajstić information content (AvgIpc) is 3.39. The van der Waals surface area contributed by atoms with Crippen molar-refractivity contribution in [3.8, 4) is 0 Å². The van der Waals surface area contributed by atoms with Crippen LogP contribution in [0.5, 0.6) is 0 Å². The van der Waals surface area contributed by atoms with Crippen LogP contribution in [0.3, 0.4) is 0 Å². The van der Waals surface area contributed by atoms with E-state index in [1.165, 1.54) is 11.2 Å². The predicted molar refractivity (Wildman–Crippen MR) is 117 cm³/mol. The average molecular weight is 480 g/mol. The minimum atomic E-state index is -1.06. The first-order valence-electron chi connectivity index (χ1n) is 10.8. The van der Waals surface area contributed by atoms with Crippen LogP contribution in [0.2, 0.25) is 5.02 Å². The zero-order valence-corrected chi connectivity index (χ0v) is 18.8. The Morgan fingerprint density at radius 3 is 2.61 bits per heavy atom. The van der Waals surface area contributed by atoms with Crippen molar-refractivity contribution >= 4 is 35.0 Å². The van der Waals surface area contributed by atoms with E-state index in [2.05, 4.69) is 20.6 Å². The lowest BCUT2D eigenvalue weighted by Crippen LogP contribution is -2.44. The number of carbonyl (C=O) groups excluding carboxylic acids is 3. The maximum Gasteiger partial charge on any atom is 0.272 e. The number of aromatic nitrogens is 2. The molecule has 3 amide bonds. The van der Waals surface area contributed by atoms with Gasteiger partial charge in [0.2, 0.25) is 5.91 Å². The lowest BCUT2D eigenvalue weighted by Gasteiger charge is -2.36. The topological polar surface area (TPSA) is 107 Å². The number of nitrogens with one attached hydrogen (secondary N) is 3. The maximum absolute atomic E-state index is 13.7. The summed E-state index contributed by atoms with van der Waals surface area (Å²) in [5.41, 5.74) is -0.316. The molecule has 1 aromatic carbocycles. The van der Waals surface area contributed by atoms with E-state index in [0.717, 1.165) is 12.1 Å². The summed E-state index contributed by atoms with van der Waals surface area (Å²) in [6, 6.07) is 1.67. The highest BCUT2D eigenvalue weighted by Gasteiger charge is 2.49. The molecular formula is C22H24ClF2N5O3. The van der Waals surface area contributed by atoms with Gasteiger partial charge in [0.25, 0.3) is 11.8 Å². The number of carbonyl (C=O) groups is 3. The first kappa shape index (κ1) is 23.2. The van der Waals surface area contributed by atoms with Gasteiger partial charge in [-0.2, -0.15) is 0 Å². The van der Waals surface area contributed by atoms with Gasteiger partial charge in [-0.1, -0.05) is 11.6 Å². The Kier molecular flexibility index (Phi) is 6.38. The molecular weight excluding hydrogens is 456 g/mol. The summed E-state index contributed by atoms with van der Waals surface area (Å²) in [6.07, 6.45) is 4.10. The Bertz CT molecular complexity index is 1100. The van der Waals surface area contributed by atoms with Crippen molar-refractivity contribution < 1.29 is 23.2 Å². The van der Waals surface area contributed by atoms with E-state index >= 15 is 0 Å². The number of aromatic amines is 1. The van der Waals surface area contributed by atoms with Crippen molar-refractivity contribution in [2.24, 2.45) is 5.41 Å². The molecule has 1 aromatic heterocycles. The monoisotopic (exact) mass is 479 g/mol. The molecule has 1 aliphatic heterocycles. The number of H-pyrrole nitrogens is 1. The van der Waals surface area contributed by atoms with E-state index in [4.69, 9.17) is 11.6 Å². The van der Waals surface area contributed by atoms with E-state index in [1.807, 2.05) is 0 Å². The maximum atomic E-state index is 13.7. The van der Waals surface area contributed by atoms with Crippen LogP contribution >= 0.6 is 11.6 Å². The molecule has 1 spiro atoms.